The maximum atomic E-state index is 2.62. The van der Waals surface area contributed by atoms with Crippen molar-refractivity contribution in [2.24, 2.45) is 5.92 Å². The van der Waals surface area contributed by atoms with Crippen molar-refractivity contribution in [1.29, 1.82) is 0 Å². The van der Waals surface area contributed by atoms with E-state index in [0.29, 0.717) is 0 Å². The van der Waals surface area contributed by atoms with Crippen molar-refractivity contribution >= 4 is 95.7 Å². The van der Waals surface area contributed by atoms with Crippen molar-refractivity contribution in [2.75, 3.05) is 14.7 Å². The van der Waals surface area contributed by atoms with Gasteiger partial charge in [-0.15, -0.1) is 23.1 Å². The zero-order valence-corrected chi connectivity index (χ0v) is 41.9. The normalized spacial score (nSPS) is 17.6. The van der Waals surface area contributed by atoms with Crippen LogP contribution in [0.4, 0.5) is 45.5 Å². The molecule has 72 heavy (non-hydrogen) atoms. The molecule has 6 heteroatoms. The zero-order valence-electron chi connectivity index (χ0n) is 39.5. The summed E-state index contributed by atoms with van der Waals surface area (Å²) in [4.78, 5) is 12.6. The second kappa shape index (κ2) is 19.1. The van der Waals surface area contributed by atoms with Crippen LogP contribution in [0.3, 0.4) is 0 Å². The number of thiophene rings is 1. The van der Waals surface area contributed by atoms with Gasteiger partial charge in [0.15, 0.2) is 0 Å². The minimum absolute atomic E-state index is 0.202. The number of hydrogen-bond donors (Lipinski definition) is 0. The third-order valence-corrected chi connectivity index (χ3v) is 17.9. The van der Waals surface area contributed by atoms with Gasteiger partial charge in [0.25, 0.3) is 0 Å². The molecule has 4 aliphatic rings. The molecule has 1 spiro atoms. The standard InChI is InChI=1S/C66H49N3S3/c1-7-19-50(20-8-1)67(51-21-9-2-10-22-51)56-37-31-47(32-38-56)61-43-59-64-46-66(45-63(70-64)49-35-41-58(42-36-49)69(54-27-15-5-16-28-54)55-29-17-6-18-30-55)60(65(59)71-61)44-62(72-66)48-33-39-57(40-34-48)68(52-23-11-3-12-24-52)53-25-13-4-14-26-53/h1-33,35-45,48H,34,46H2. The molecular weight excluding hydrogens is 931 g/mol. The molecule has 2 aliphatic carbocycles. The summed E-state index contributed by atoms with van der Waals surface area (Å²) in [5, 5.41) is 1.38. The van der Waals surface area contributed by atoms with Crippen molar-refractivity contribution in [3.8, 4) is 10.4 Å². The van der Waals surface area contributed by atoms with E-state index < -0.39 is 0 Å². The number of hydrogen-bond acceptors (Lipinski definition) is 6. The van der Waals surface area contributed by atoms with E-state index >= 15 is 0 Å². The van der Waals surface area contributed by atoms with Crippen molar-refractivity contribution < 1.29 is 0 Å². The maximum Gasteiger partial charge on any atom is 0.0705 e. The second-order valence-corrected chi connectivity index (χ2v) is 22.1. The lowest BCUT2D eigenvalue weighted by atomic mass is 9.87. The number of benzene rings is 8. The molecule has 9 aromatic rings. The summed E-state index contributed by atoms with van der Waals surface area (Å²) >= 11 is 6.01. The third kappa shape index (κ3) is 8.35. The van der Waals surface area contributed by atoms with E-state index in [1.165, 1.54) is 51.7 Å². The molecule has 0 saturated carbocycles. The maximum absolute atomic E-state index is 2.62. The van der Waals surface area contributed by atoms with Crippen molar-refractivity contribution in [3.05, 3.63) is 293 Å². The van der Waals surface area contributed by atoms with E-state index in [-0.39, 0.29) is 10.7 Å². The Morgan fingerprint density at radius 3 is 1.33 bits per heavy atom. The summed E-state index contributed by atoms with van der Waals surface area (Å²) in [6.45, 7) is 0. The summed E-state index contributed by atoms with van der Waals surface area (Å²) in [5.74, 6) is 0.281. The third-order valence-electron chi connectivity index (χ3n) is 14.0. The predicted octanol–water partition coefficient (Wildman–Crippen LogP) is 17.5. The van der Waals surface area contributed by atoms with Gasteiger partial charge < -0.3 is 14.7 Å². The number of allylic oxidation sites excluding steroid dienone is 5. The first-order chi connectivity index (χ1) is 35.6. The van der Waals surface area contributed by atoms with Crippen LogP contribution in [-0.2, 0) is 0 Å². The Bertz CT molecular complexity index is 3550. The highest BCUT2D eigenvalue weighted by Crippen LogP contribution is 2.61. The summed E-state index contributed by atoms with van der Waals surface area (Å²) in [6, 6.07) is 85.0. The number of rotatable bonds is 12. The molecule has 0 amide bonds. The van der Waals surface area contributed by atoms with Crippen LogP contribution < -0.4 is 24.5 Å². The van der Waals surface area contributed by atoms with Gasteiger partial charge >= 0.3 is 0 Å². The monoisotopic (exact) mass is 979 g/mol. The lowest BCUT2D eigenvalue weighted by Crippen LogP contribution is -2.38. The van der Waals surface area contributed by atoms with Crippen LogP contribution in [0.15, 0.2) is 278 Å². The number of anilines is 8. The van der Waals surface area contributed by atoms with Gasteiger partial charge in [0, 0.05) is 88.0 Å². The van der Waals surface area contributed by atoms with E-state index in [1.807, 2.05) is 23.1 Å². The van der Waals surface area contributed by atoms with Gasteiger partial charge in [-0.05, 0) is 149 Å². The van der Waals surface area contributed by atoms with E-state index in [2.05, 4.69) is 293 Å². The minimum Gasteiger partial charge on any atom is -0.311 e. The molecule has 3 nitrogen and oxygen atoms in total. The van der Waals surface area contributed by atoms with Crippen molar-refractivity contribution in [2.45, 2.75) is 17.6 Å². The lowest BCUT2D eigenvalue weighted by Gasteiger charge is -2.36. The SMILES string of the molecule is C1=CC(C2=CC3=c4sc(-c5ccc(N(c6ccccc6)c6ccccc6)cc5)cc4=C4CC3(C=C(c3ccc(N(c5ccccc5)c5ccccc5)cc3)S4)S2)CC=C1N(c1ccccc1)c1ccccc1. The number of nitrogens with zero attached hydrogens (tertiary/aromatic N) is 3. The van der Waals surface area contributed by atoms with Crippen LogP contribution >= 0.6 is 34.9 Å². The molecule has 0 fully saturated rings. The topological polar surface area (TPSA) is 9.72 Å². The van der Waals surface area contributed by atoms with Crippen LogP contribution in [-0.4, -0.2) is 4.75 Å². The molecule has 2 unspecified atom stereocenters. The molecule has 0 saturated heterocycles. The molecule has 2 aliphatic heterocycles. The highest BCUT2D eigenvalue weighted by molar-refractivity contribution is 8.16. The predicted molar refractivity (Wildman–Crippen MR) is 311 cm³/mol. The molecular formula is C66H49N3S3. The van der Waals surface area contributed by atoms with E-state index in [4.69, 9.17) is 0 Å². The fourth-order valence-electron chi connectivity index (χ4n) is 10.5. The van der Waals surface area contributed by atoms with E-state index in [1.54, 1.807) is 0 Å². The van der Waals surface area contributed by atoms with Gasteiger partial charge in [0.1, 0.15) is 0 Å². The summed E-state index contributed by atoms with van der Waals surface area (Å²) in [6.07, 6.45) is 14.3. The molecule has 2 atom stereocenters. The lowest BCUT2D eigenvalue weighted by molar-refractivity contribution is 0.798. The molecule has 0 N–H and O–H groups in total. The Morgan fingerprint density at radius 2 is 0.889 bits per heavy atom. The van der Waals surface area contributed by atoms with Crippen LogP contribution in [0.5, 0.6) is 0 Å². The highest BCUT2D eigenvalue weighted by Gasteiger charge is 2.46. The average Bonchev–Trinajstić information content (AvgIpc) is 4.06. The molecule has 3 heterocycles. The highest BCUT2D eigenvalue weighted by atomic mass is 32.2. The van der Waals surface area contributed by atoms with Crippen LogP contribution in [0.2, 0.25) is 0 Å². The molecule has 2 bridgehead atoms. The number of para-hydroxylation sites is 6. The fourth-order valence-corrected chi connectivity index (χ4v) is 15.0. The fraction of sp³-hybridized carbons (Fsp3) is 0.0606. The zero-order chi connectivity index (χ0) is 47.8. The van der Waals surface area contributed by atoms with Gasteiger partial charge in [-0.3, -0.25) is 0 Å². The smallest absolute Gasteiger partial charge is 0.0705 e. The molecule has 8 aromatic carbocycles. The van der Waals surface area contributed by atoms with Crippen LogP contribution in [0.25, 0.3) is 25.8 Å². The van der Waals surface area contributed by atoms with Crippen LogP contribution in [0, 0.1) is 5.92 Å². The molecule has 1 aromatic heterocycles. The van der Waals surface area contributed by atoms with Crippen molar-refractivity contribution in [1.82, 2.24) is 0 Å². The number of fused-ring (bicyclic) bond motifs is 2. The second-order valence-electron chi connectivity index (χ2n) is 18.5. The quantitative estimate of drug-likeness (QED) is 0.120. The van der Waals surface area contributed by atoms with Gasteiger partial charge in [-0.1, -0.05) is 157 Å². The summed E-state index contributed by atoms with van der Waals surface area (Å²) < 4.78 is 1.20. The Labute approximate surface area is 434 Å². The van der Waals surface area contributed by atoms with Crippen LogP contribution in [0.1, 0.15) is 18.4 Å². The van der Waals surface area contributed by atoms with Gasteiger partial charge in [0.2, 0.25) is 0 Å². The largest absolute Gasteiger partial charge is 0.311 e. The van der Waals surface area contributed by atoms with Gasteiger partial charge in [-0.2, -0.15) is 0 Å². The molecule has 346 valence electrons. The molecule has 13 rings (SSSR count). The van der Waals surface area contributed by atoms with E-state index in [0.717, 1.165) is 58.3 Å². The first-order valence-electron chi connectivity index (χ1n) is 24.6. The Kier molecular flexibility index (Phi) is 11.7. The van der Waals surface area contributed by atoms with Gasteiger partial charge in [0.05, 0.1) is 4.75 Å². The summed E-state index contributed by atoms with van der Waals surface area (Å²) in [7, 11) is 0. The Balaban J connectivity index is 0.878. The van der Waals surface area contributed by atoms with E-state index in [9.17, 15) is 0 Å². The number of thioether (sulfide) groups is 2. The summed E-state index contributed by atoms with van der Waals surface area (Å²) in [5.41, 5.74) is 14.3. The first-order valence-corrected chi connectivity index (χ1v) is 27.1. The van der Waals surface area contributed by atoms with Gasteiger partial charge in [-0.25, -0.2) is 0 Å². The first kappa shape index (κ1) is 44.2. The Hall–Kier alpha value is -7.74. The average molecular weight is 980 g/mol. The van der Waals surface area contributed by atoms with Crippen molar-refractivity contribution in [3.63, 3.8) is 0 Å². The molecule has 0 radical (unpaired) electrons. The minimum atomic E-state index is -0.202. The Morgan fingerprint density at radius 1 is 0.458 bits per heavy atom.